The lowest BCUT2D eigenvalue weighted by Crippen LogP contribution is -2.58. The minimum atomic E-state index is -0.893. The molecule has 1 aliphatic carbocycles. The first kappa shape index (κ1) is 14.6. The average Bonchev–Trinajstić information content (AvgIpc) is 2.15. The molecule has 3 N–H and O–H groups in total. The lowest BCUT2D eigenvalue weighted by atomic mass is 9.76. The molecule has 0 heterocycles. The van der Waals surface area contributed by atoms with Gasteiger partial charge in [-0.1, -0.05) is 19.8 Å². The van der Waals surface area contributed by atoms with E-state index in [-0.39, 0.29) is 11.9 Å². The highest BCUT2D eigenvalue weighted by molar-refractivity contribution is 7.84. The summed E-state index contributed by atoms with van der Waals surface area (Å²) in [6, 6.07) is -0.0778. The predicted molar refractivity (Wildman–Crippen MR) is 71.1 cm³/mol. The van der Waals surface area contributed by atoms with Crippen LogP contribution in [0, 0.1) is 5.92 Å². The molecule has 1 rings (SSSR count). The third kappa shape index (κ3) is 4.39. The van der Waals surface area contributed by atoms with E-state index in [1.807, 2.05) is 6.92 Å². The van der Waals surface area contributed by atoms with Crippen molar-refractivity contribution in [3.63, 3.8) is 0 Å². The third-order valence-corrected chi connectivity index (χ3v) is 4.32. The van der Waals surface area contributed by atoms with Crippen LogP contribution in [0.4, 0.5) is 0 Å². The minimum absolute atomic E-state index is 0.0778. The fourth-order valence-electron chi connectivity index (χ4n) is 2.56. The van der Waals surface area contributed by atoms with Crippen LogP contribution in [0.15, 0.2) is 0 Å². The summed E-state index contributed by atoms with van der Waals surface area (Å²) in [7, 11) is -0.893. The van der Waals surface area contributed by atoms with E-state index in [1.54, 1.807) is 6.26 Å². The van der Waals surface area contributed by atoms with Gasteiger partial charge in [0.25, 0.3) is 0 Å². The number of hydrogen-bond donors (Lipinski definition) is 2. The zero-order chi connectivity index (χ0) is 13.1. The molecular formula is C12H24N2O2S. The van der Waals surface area contributed by atoms with Crippen molar-refractivity contribution in [1.29, 1.82) is 0 Å². The van der Waals surface area contributed by atoms with Crippen molar-refractivity contribution in [2.45, 2.75) is 51.1 Å². The standard InChI is InChI=1S/C12H24N2O2S/c1-9-5-4-6-12(13,7-9)11(15)14-10(2)8-17(3)16/h9-10H,4-8,13H2,1-3H3,(H,14,15). The molecule has 4 nitrogen and oxygen atoms in total. The fourth-order valence-corrected chi connectivity index (χ4v) is 3.35. The van der Waals surface area contributed by atoms with E-state index in [1.165, 1.54) is 0 Å². The Labute approximate surface area is 106 Å². The van der Waals surface area contributed by atoms with Crippen molar-refractivity contribution in [3.05, 3.63) is 0 Å². The smallest absolute Gasteiger partial charge is 0.240 e. The molecule has 100 valence electrons. The molecule has 17 heavy (non-hydrogen) atoms. The Kier molecular flexibility index (Phi) is 5.13. The molecule has 0 spiro atoms. The molecule has 4 atom stereocenters. The normalized spacial score (nSPS) is 32.8. The Hall–Kier alpha value is -0.420. The van der Waals surface area contributed by atoms with Crippen LogP contribution in [-0.2, 0) is 15.6 Å². The molecule has 0 aromatic heterocycles. The van der Waals surface area contributed by atoms with Gasteiger partial charge in [0.15, 0.2) is 0 Å². The fraction of sp³-hybridized carbons (Fsp3) is 0.917. The number of carbonyl (C=O) groups excluding carboxylic acids is 1. The van der Waals surface area contributed by atoms with E-state index in [0.29, 0.717) is 11.7 Å². The summed E-state index contributed by atoms with van der Waals surface area (Å²) >= 11 is 0. The van der Waals surface area contributed by atoms with E-state index >= 15 is 0 Å². The first-order valence-electron chi connectivity index (χ1n) is 6.23. The molecular weight excluding hydrogens is 236 g/mol. The summed E-state index contributed by atoms with van der Waals surface area (Å²) < 4.78 is 11.1. The van der Waals surface area contributed by atoms with Gasteiger partial charge in [-0.25, -0.2) is 0 Å². The monoisotopic (exact) mass is 260 g/mol. The van der Waals surface area contributed by atoms with Crippen LogP contribution in [0.5, 0.6) is 0 Å². The number of carbonyl (C=O) groups is 1. The van der Waals surface area contributed by atoms with Gasteiger partial charge in [-0.2, -0.15) is 0 Å². The molecule has 0 bridgehead atoms. The first-order valence-corrected chi connectivity index (χ1v) is 7.96. The largest absolute Gasteiger partial charge is 0.351 e. The Bertz CT molecular complexity index is 309. The van der Waals surface area contributed by atoms with Crippen LogP contribution in [-0.4, -0.2) is 33.7 Å². The zero-order valence-electron chi connectivity index (χ0n) is 11.0. The highest BCUT2D eigenvalue weighted by atomic mass is 32.2. The van der Waals surface area contributed by atoms with Gasteiger partial charge in [0.2, 0.25) is 5.91 Å². The highest BCUT2D eigenvalue weighted by Gasteiger charge is 2.38. The maximum absolute atomic E-state index is 12.1. The summed E-state index contributed by atoms with van der Waals surface area (Å²) in [6.07, 6.45) is 5.31. The van der Waals surface area contributed by atoms with Crippen LogP contribution >= 0.6 is 0 Å². The molecule has 1 aliphatic rings. The van der Waals surface area contributed by atoms with Crippen LogP contribution in [0.25, 0.3) is 0 Å². The van der Waals surface area contributed by atoms with E-state index in [2.05, 4.69) is 12.2 Å². The summed E-state index contributed by atoms with van der Waals surface area (Å²) in [4.78, 5) is 12.1. The third-order valence-electron chi connectivity index (χ3n) is 3.35. The van der Waals surface area contributed by atoms with Crippen LogP contribution < -0.4 is 11.1 Å². The number of amides is 1. The molecule has 0 aromatic carbocycles. The molecule has 0 aromatic rings. The second-order valence-electron chi connectivity index (χ2n) is 5.47. The maximum Gasteiger partial charge on any atom is 0.240 e. The number of nitrogens with two attached hydrogens (primary N) is 1. The minimum Gasteiger partial charge on any atom is -0.351 e. The Balaban J connectivity index is 2.53. The topological polar surface area (TPSA) is 72.2 Å². The van der Waals surface area contributed by atoms with Gasteiger partial charge in [-0.15, -0.1) is 0 Å². The van der Waals surface area contributed by atoms with Crippen LogP contribution in [0.1, 0.15) is 39.5 Å². The van der Waals surface area contributed by atoms with Crippen molar-refractivity contribution in [1.82, 2.24) is 5.32 Å². The van der Waals surface area contributed by atoms with Gasteiger partial charge >= 0.3 is 0 Å². The Morgan fingerprint density at radius 1 is 1.65 bits per heavy atom. The molecule has 0 aliphatic heterocycles. The second-order valence-corrected chi connectivity index (χ2v) is 6.95. The molecule has 1 amide bonds. The van der Waals surface area contributed by atoms with Crippen molar-refractivity contribution in [2.75, 3.05) is 12.0 Å². The summed E-state index contributed by atoms with van der Waals surface area (Å²) in [5.41, 5.74) is 5.46. The zero-order valence-corrected chi connectivity index (χ0v) is 11.8. The van der Waals surface area contributed by atoms with Crippen molar-refractivity contribution in [2.24, 2.45) is 11.7 Å². The predicted octanol–water partition coefficient (Wildman–Crippen LogP) is 0.777. The van der Waals surface area contributed by atoms with Crippen LogP contribution in [0.2, 0.25) is 0 Å². The average molecular weight is 260 g/mol. The molecule has 1 saturated carbocycles. The maximum atomic E-state index is 12.1. The number of hydrogen-bond acceptors (Lipinski definition) is 3. The number of nitrogens with one attached hydrogen (secondary N) is 1. The van der Waals surface area contributed by atoms with E-state index < -0.39 is 16.3 Å². The van der Waals surface area contributed by atoms with Gasteiger partial charge in [0.05, 0.1) is 5.54 Å². The quantitative estimate of drug-likeness (QED) is 0.784. The summed E-state index contributed by atoms with van der Waals surface area (Å²) in [5, 5.41) is 2.88. The SMILES string of the molecule is CC1CCCC(N)(C(=O)NC(C)CS(C)=O)C1. The summed E-state index contributed by atoms with van der Waals surface area (Å²) in [5.74, 6) is 0.911. The molecule has 4 unspecified atom stereocenters. The Morgan fingerprint density at radius 2 is 2.29 bits per heavy atom. The van der Waals surface area contributed by atoms with Gasteiger partial charge in [-0.3, -0.25) is 9.00 Å². The highest BCUT2D eigenvalue weighted by Crippen LogP contribution is 2.30. The van der Waals surface area contributed by atoms with Gasteiger partial charge in [0.1, 0.15) is 0 Å². The van der Waals surface area contributed by atoms with E-state index in [9.17, 15) is 9.00 Å². The lowest BCUT2D eigenvalue weighted by molar-refractivity contribution is -0.128. The lowest BCUT2D eigenvalue weighted by Gasteiger charge is -2.36. The van der Waals surface area contributed by atoms with Crippen LogP contribution in [0.3, 0.4) is 0 Å². The van der Waals surface area contributed by atoms with Gasteiger partial charge in [0, 0.05) is 28.9 Å². The molecule has 5 heteroatoms. The first-order chi connectivity index (χ1) is 7.83. The Morgan fingerprint density at radius 3 is 2.82 bits per heavy atom. The molecule has 1 fully saturated rings. The van der Waals surface area contributed by atoms with Crippen molar-refractivity contribution >= 4 is 16.7 Å². The van der Waals surface area contributed by atoms with E-state index in [0.717, 1.165) is 25.7 Å². The molecule has 0 radical (unpaired) electrons. The van der Waals surface area contributed by atoms with Crippen molar-refractivity contribution < 1.29 is 9.00 Å². The van der Waals surface area contributed by atoms with Crippen molar-refractivity contribution in [3.8, 4) is 0 Å². The molecule has 0 saturated heterocycles. The van der Waals surface area contributed by atoms with Gasteiger partial charge in [-0.05, 0) is 25.7 Å². The summed E-state index contributed by atoms with van der Waals surface area (Å²) in [6.45, 7) is 4.01. The van der Waals surface area contributed by atoms with E-state index in [4.69, 9.17) is 5.73 Å². The second kappa shape index (κ2) is 5.96. The van der Waals surface area contributed by atoms with Gasteiger partial charge < -0.3 is 11.1 Å². The number of rotatable bonds is 4.